The number of carbonyl (C=O) groups is 1. The number of benzene rings is 2. The Morgan fingerprint density at radius 2 is 1.69 bits per heavy atom. The first-order chi connectivity index (χ1) is 12.3. The molecule has 0 aliphatic heterocycles. The van der Waals surface area contributed by atoms with E-state index in [1.807, 2.05) is 6.92 Å². The molecular weight excluding hydrogens is 354 g/mol. The second-order valence-corrected chi connectivity index (χ2v) is 7.42. The van der Waals surface area contributed by atoms with Gasteiger partial charge in [-0.05, 0) is 37.5 Å². The van der Waals surface area contributed by atoms with E-state index in [0.29, 0.717) is 0 Å². The van der Waals surface area contributed by atoms with Crippen molar-refractivity contribution in [2.45, 2.75) is 38.0 Å². The van der Waals surface area contributed by atoms with Crippen LogP contribution in [0.15, 0.2) is 58.6 Å². The highest BCUT2D eigenvalue weighted by Gasteiger charge is 2.19. The molecule has 2 rings (SSSR count). The molecule has 0 atom stereocenters. The molecule has 138 valence electrons. The van der Waals surface area contributed by atoms with Gasteiger partial charge >= 0.3 is 16.1 Å². The first-order valence-corrected chi connectivity index (χ1v) is 9.65. The van der Waals surface area contributed by atoms with E-state index in [0.717, 1.165) is 30.4 Å². The lowest BCUT2D eigenvalue weighted by Gasteiger charge is -2.05. The standard InChI is InChI=1S/C19H21NO5S/c1-3-4-5-15-8-12-17(13-9-15)26(23,24)25-20-18(19(21)22)16-10-6-14(2)7-11-16/h6-13H,3-5H2,1-2H3,(H,21,22). The Morgan fingerprint density at radius 3 is 2.23 bits per heavy atom. The fourth-order valence-electron chi connectivity index (χ4n) is 2.26. The van der Waals surface area contributed by atoms with Gasteiger partial charge in [0.1, 0.15) is 4.90 Å². The Kier molecular flexibility index (Phi) is 6.52. The summed E-state index contributed by atoms with van der Waals surface area (Å²) in [5.74, 6) is -1.38. The molecule has 6 nitrogen and oxygen atoms in total. The molecule has 0 bridgehead atoms. The highest BCUT2D eigenvalue weighted by molar-refractivity contribution is 7.86. The summed E-state index contributed by atoms with van der Waals surface area (Å²) in [4.78, 5) is 11.3. The lowest BCUT2D eigenvalue weighted by Crippen LogP contribution is -2.16. The number of aryl methyl sites for hydroxylation is 2. The highest BCUT2D eigenvalue weighted by atomic mass is 32.2. The molecule has 2 aromatic carbocycles. The largest absolute Gasteiger partial charge is 0.476 e. The van der Waals surface area contributed by atoms with Crippen LogP contribution in [0.2, 0.25) is 0 Å². The molecule has 0 saturated heterocycles. The minimum Gasteiger partial charge on any atom is -0.476 e. The van der Waals surface area contributed by atoms with Crippen LogP contribution in [0, 0.1) is 6.92 Å². The van der Waals surface area contributed by atoms with Gasteiger partial charge in [0.05, 0.1) is 0 Å². The van der Waals surface area contributed by atoms with Crippen molar-refractivity contribution in [3.63, 3.8) is 0 Å². The molecule has 0 aliphatic carbocycles. The molecule has 0 heterocycles. The molecule has 0 saturated carbocycles. The summed E-state index contributed by atoms with van der Waals surface area (Å²) >= 11 is 0. The fraction of sp³-hybridized carbons (Fsp3) is 0.263. The fourth-order valence-corrected chi connectivity index (χ4v) is 2.99. The summed E-state index contributed by atoms with van der Waals surface area (Å²) in [5.41, 5.74) is 1.75. The lowest BCUT2D eigenvalue weighted by molar-refractivity contribution is -0.129. The summed E-state index contributed by atoms with van der Waals surface area (Å²) in [6, 6.07) is 12.8. The number of carboxylic acid groups (broad SMARTS) is 1. The van der Waals surface area contributed by atoms with E-state index in [-0.39, 0.29) is 10.5 Å². The third kappa shape index (κ3) is 5.16. The van der Waals surface area contributed by atoms with Crippen molar-refractivity contribution in [3.05, 3.63) is 65.2 Å². The first-order valence-electron chi connectivity index (χ1n) is 8.24. The number of rotatable bonds is 8. The van der Waals surface area contributed by atoms with Crippen LogP contribution in [0.3, 0.4) is 0 Å². The van der Waals surface area contributed by atoms with Crippen LogP contribution >= 0.6 is 0 Å². The van der Waals surface area contributed by atoms with Crippen molar-refractivity contribution >= 4 is 21.8 Å². The smallest absolute Gasteiger partial charge is 0.358 e. The van der Waals surface area contributed by atoms with Gasteiger partial charge in [-0.3, -0.25) is 4.28 Å². The van der Waals surface area contributed by atoms with E-state index in [9.17, 15) is 18.3 Å². The lowest BCUT2D eigenvalue weighted by atomic mass is 10.1. The zero-order valence-corrected chi connectivity index (χ0v) is 15.5. The van der Waals surface area contributed by atoms with Crippen LogP contribution < -0.4 is 0 Å². The maximum absolute atomic E-state index is 12.2. The van der Waals surface area contributed by atoms with Crippen molar-refractivity contribution in [1.29, 1.82) is 0 Å². The predicted molar refractivity (Wildman–Crippen MR) is 98.7 cm³/mol. The van der Waals surface area contributed by atoms with Crippen molar-refractivity contribution in [1.82, 2.24) is 0 Å². The molecule has 26 heavy (non-hydrogen) atoms. The summed E-state index contributed by atoms with van der Waals surface area (Å²) < 4.78 is 29.1. The van der Waals surface area contributed by atoms with Gasteiger partial charge in [0.15, 0.2) is 5.71 Å². The van der Waals surface area contributed by atoms with Gasteiger partial charge in [-0.25, -0.2) is 4.79 Å². The van der Waals surface area contributed by atoms with Crippen LogP contribution in [0.25, 0.3) is 0 Å². The average molecular weight is 375 g/mol. The summed E-state index contributed by atoms with van der Waals surface area (Å²) in [7, 11) is -4.19. The molecule has 0 aliphatic rings. The van der Waals surface area contributed by atoms with E-state index >= 15 is 0 Å². The zero-order chi connectivity index (χ0) is 19.2. The molecule has 0 fully saturated rings. The number of aliphatic carboxylic acids is 1. The molecule has 0 spiro atoms. The topological polar surface area (TPSA) is 93.0 Å². The zero-order valence-electron chi connectivity index (χ0n) is 14.7. The molecule has 1 N–H and O–H groups in total. The maximum Gasteiger partial charge on any atom is 0.358 e. The van der Waals surface area contributed by atoms with Gasteiger partial charge in [0.2, 0.25) is 0 Å². The SMILES string of the molecule is CCCCc1ccc(S(=O)(=O)ON=C(C(=O)O)c2ccc(C)cc2)cc1. The third-order valence-corrected chi connectivity index (χ3v) is 4.91. The van der Waals surface area contributed by atoms with Gasteiger partial charge in [-0.1, -0.05) is 60.5 Å². The Balaban J connectivity index is 2.22. The van der Waals surface area contributed by atoms with Gasteiger partial charge < -0.3 is 5.11 Å². The number of carboxylic acids is 1. The van der Waals surface area contributed by atoms with Gasteiger partial charge in [0.25, 0.3) is 0 Å². The molecular formula is C19H21NO5S. The van der Waals surface area contributed by atoms with Crippen molar-refractivity contribution in [2.24, 2.45) is 5.16 Å². The predicted octanol–water partition coefficient (Wildman–Crippen LogP) is 3.53. The highest BCUT2D eigenvalue weighted by Crippen LogP contribution is 2.16. The normalized spacial score (nSPS) is 12.0. The molecule has 0 amide bonds. The van der Waals surface area contributed by atoms with Crippen molar-refractivity contribution in [2.75, 3.05) is 0 Å². The second kappa shape index (κ2) is 8.62. The van der Waals surface area contributed by atoms with Gasteiger partial charge in [0, 0.05) is 5.56 Å². The van der Waals surface area contributed by atoms with Gasteiger partial charge in [-0.2, -0.15) is 8.42 Å². The maximum atomic E-state index is 12.2. The minimum atomic E-state index is -4.19. The van der Waals surface area contributed by atoms with E-state index in [1.54, 1.807) is 36.4 Å². The van der Waals surface area contributed by atoms with E-state index in [1.165, 1.54) is 12.1 Å². The monoisotopic (exact) mass is 375 g/mol. The number of nitrogens with zero attached hydrogens (tertiary/aromatic N) is 1. The number of hydrogen-bond donors (Lipinski definition) is 1. The Hall–Kier alpha value is -2.67. The Morgan fingerprint density at radius 1 is 1.08 bits per heavy atom. The van der Waals surface area contributed by atoms with Crippen molar-refractivity contribution < 1.29 is 22.6 Å². The number of hydrogen-bond acceptors (Lipinski definition) is 5. The Labute approximate surface area is 153 Å². The minimum absolute atomic E-state index is 0.0739. The number of unbranched alkanes of at least 4 members (excludes halogenated alkanes) is 1. The molecule has 2 aromatic rings. The van der Waals surface area contributed by atoms with E-state index in [2.05, 4.69) is 16.4 Å². The first kappa shape index (κ1) is 19.7. The number of oxime groups is 1. The molecule has 0 unspecified atom stereocenters. The van der Waals surface area contributed by atoms with Crippen LogP contribution in [-0.2, 0) is 25.6 Å². The second-order valence-electron chi connectivity index (χ2n) is 5.89. The van der Waals surface area contributed by atoms with Gasteiger partial charge in [-0.15, -0.1) is 0 Å². The van der Waals surface area contributed by atoms with Crippen molar-refractivity contribution in [3.8, 4) is 0 Å². The quantitative estimate of drug-likeness (QED) is 0.563. The van der Waals surface area contributed by atoms with Crippen LogP contribution in [0.1, 0.15) is 36.5 Å². The van der Waals surface area contributed by atoms with E-state index in [4.69, 9.17) is 0 Å². The Bertz CT molecular complexity index is 885. The van der Waals surface area contributed by atoms with Crippen LogP contribution in [0.5, 0.6) is 0 Å². The molecule has 7 heteroatoms. The third-order valence-electron chi connectivity index (χ3n) is 3.79. The summed E-state index contributed by atoms with van der Waals surface area (Å²) in [6.07, 6.45) is 2.94. The molecule has 0 aromatic heterocycles. The van der Waals surface area contributed by atoms with Crippen LogP contribution in [0.4, 0.5) is 0 Å². The summed E-state index contributed by atoms with van der Waals surface area (Å²) in [5, 5.41) is 12.6. The average Bonchev–Trinajstić information content (AvgIpc) is 2.61. The molecule has 0 radical (unpaired) electrons. The van der Waals surface area contributed by atoms with E-state index < -0.39 is 21.8 Å². The summed E-state index contributed by atoms with van der Waals surface area (Å²) in [6.45, 7) is 3.94. The van der Waals surface area contributed by atoms with Crippen LogP contribution in [-0.4, -0.2) is 25.2 Å².